The second kappa shape index (κ2) is 4.66. The summed E-state index contributed by atoms with van der Waals surface area (Å²) in [5.41, 5.74) is -0.0836. The van der Waals surface area contributed by atoms with Gasteiger partial charge in [0.15, 0.2) is 0 Å². The van der Waals surface area contributed by atoms with Gasteiger partial charge in [-0.3, -0.25) is 9.69 Å². The molecule has 0 aliphatic carbocycles. The SMILES string of the molecule is COCC1(C)NC(=O)N(Cc2nc(C)cs2)C1=O. The Morgan fingerprint density at radius 2 is 2.28 bits per heavy atom. The van der Waals surface area contributed by atoms with E-state index in [1.807, 2.05) is 12.3 Å². The fourth-order valence-corrected chi connectivity index (χ4v) is 2.65. The van der Waals surface area contributed by atoms with Crippen molar-refractivity contribution in [2.75, 3.05) is 13.7 Å². The number of urea groups is 1. The molecule has 1 aromatic heterocycles. The summed E-state index contributed by atoms with van der Waals surface area (Å²) in [7, 11) is 1.50. The third-order valence-electron chi connectivity index (χ3n) is 2.74. The summed E-state index contributed by atoms with van der Waals surface area (Å²) < 4.78 is 4.97. The molecular formula is C11H15N3O3S. The molecule has 1 aliphatic heterocycles. The highest BCUT2D eigenvalue weighted by Gasteiger charge is 2.48. The minimum atomic E-state index is -0.974. The molecule has 6 nitrogen and oxygen atoms in total. The first-order chi connectivity index (χ1) is 8.46. The third kappa shape index (κ3) is 2.23. The standard InChI is InChI=1S/C11H15N3O3S/c1-7-5-18-8(12-7)4-14-9(15)11(2,6-17-3)13-10(14)16/h5H,4,6H2,1-3H3,(H,13,16). The Balaban J connectivity index is 2.14. The van der Waals surface area contributed by atoms with Crippen LogP contribution in [-0.2, 0) is 16.1 Å². The number of carbonyl (C=O) groups is 2. The van der Waals surface area contributed by atoms with E-state index in [2.05, 4.69) is 10.3 Å². The van der Waals surface area contributed by atoms with Crippen molar-refractivity contribution in [2.24, 2.45) is 0 Å². The van der Waals surface area contributed by atoms with Crippen LogP contribution in [0.4, 0.5) is 4.79 Å². The lowest BCUT2D eigenvalue weighted by atomic mass is 10.0. The van der Waals surface area contributed by atoms with Crippen LogP contribution in [0.15, 0.2) is 5.38 Å². The Kier molecular flexibility index (Phi) is 3.36. The number of nitrogens with one attached hydrogen (secondary N) is 1. The molecule has 98 valence electrons. The predicted molar refractivity (Wildman–Crippen MR) is 66.2 cm³/mol. The molecule has 1 aliphatic rings. The van der Waals surface area contributed by atoms with Gasteiger partial charge in [-0.05, 0) is 13.8 Å². The number of ether oxygens (including phenoxy) is 1. The van der Waals surface area contributed by atoms with E-state index in [0.717, 1.165) is 10.7 Å². The van der Waals surface area contributed by atoms with Crippen LogP contribution in [0.3, 0.4) is 0 Å². The molecule has 1 atom stereocenters. The molecule has 0 aromatic carbocycles. The summed E-state index contributed by atoms with van der Waals surface area (Å²) >= 11 is 1.44. The number of hydrogen-bond donors (Lipinski definition) is 1. The number of carbonyl (C=O) groups excluding carboxylic acids is 2. The molecule has 18 heavy (non-hydrogen) atoms. The van der Waals surface area contributed by atoms with Crippen LogP contribution in [0.1, 0.15) is 17.6 Å². The van der Waals surface area contributed by atoms with Crippen molar-refractivity contribution < 1.29 is 14.3 Å². The van der Waals surface area contributed by atoms with Crippen LogP contribution in [-0.4, -0.2) is 41.1 Å². The first-order valence-corrected chi connectivity index (χ1v) is 6.38. The lowest BCUT2D eigenvalue weighted by Crippen LogP contribution is -2.47. The average molecular weight is 269 g/mol. The van der Waals surface area contributed by atoms with Gasteiger partial charge in [0.2, 0.25) is 0 Å². The lowest BCUT2D eigenvalue weighted by Gasteiger charge is -2.19. The van der Waals surface area contributed by atoms with Gasteiger partial charge in [-0.15, -0.1) is 11.3 Å². The van der Waals surface area contributed by atoms with Gasteiger partial charge >= 0.3 is 6.03 Å². The Labute approximate surface area is 109 Å². The van der Waals surface area contributed by atoms with E-state index in [0.29, 0.717) is 0 Å². The maximum atomic E-state index is 12.2. The van der Waals surface area contributed by atoms with E-state index < -0.39 is 11.6 Å². The van der Waals surface area contributed by atoms with Gasteiger partial charge in [-0.2, -0.15) is 0 Å². The number of imide groups is 1. The Morgan fingerprint density at radius 3 is 2.83 bits per heavy atom. The second-order valence-corrected chi connectivity index (χ2v) is 5.41. The zero-order valence-corrected chi connectivity index (χ0v) is 11.3. The quantitative estimate of drug-likeness (QED) is 0.825. The number of aromatic nitrogens is 1. The van der Waals surface area contributed by atoms with Gasteiger partial charge in [0.25, 0.3) is 5.91 Å². The van der Waals surface area contributed by atoms with Crippen molar-refractivity contribution in [1.82, 2.24) is 15.2 Å². The van der Waals surface area contributed by atoms with Crippen molar-refractivity contribution in [2.45, 2.75) is 25.9 Å². The maximum Gasteiger partial charge on any atom is 0.325 e. The van der Waals surface area contributed by atoms with E-state index in [9.17, 15) is 9.59 Å². The maximum absolute atomic E-state index is 12.2. The molecule has 1 saturated heterocycles. The first-order valence-electron chi connectivity index (χ1n) is 5.50. The van der Waals surface area contributed by atoms with Gasteiger partial charge in [0.05, 0.1) is 13.2 Å². The Bertz CT molecular complexity index is 488. The minimum Gasteiger partial charge on any atom is -0.382 e. The van der Waals surface area contributed by atoms with Crippen LogP contribution in [0.5, 0.6) is 0 Å². The molecule has 0 spiro atoms. The zero-order chi connectivity index (χ0) is 13.3. The fraction of sp³-hybridized carbons (Fsp3) is 0.545. The normalized spacial score (nSPS) is 23.6. The van der Waals surface area contributed by atoms with E-state index in [-0.39, 0.29) is 19.1 Å². The summed E-state index contributed by atoms with van der Waals surface area (Å²) in [5.74, 6) is -0.276. The molecule has 7 heteroatoms. The van der Waals surface area contributed by atoms with Crippen molar-refractivity contribution in [1.29, 1.82) is 0 Å². The number of nitrogens with zero attached hydrogens (tertiary/aromatic N) is 2. The third-order valence-corrected chi connectivity index (χ3v) is 3.69. The van der Waals surface area contributed by atoms with E-state index in [1.54, 1.807) is 6.92 Å². The van der Waals surface area contributed by atoms with Crippen molar-refractivity contribution in [3.63, 3.8) is 0 Å². The summed E-state index contributed by atoms with van der Waals surface area (Å²) in [6.07, 6.45) is 0. The largest absolute Gasteiger partial charge is 0.382 e. The van der Waals surface area contributed by atoms with E-state index in [1.165, 1.54) is 23.3 Å². The number of amides is 3. The average Bonchev–Trinajstić information content (AvgIpc) is 2.78. The number of rotatable bonds is 4. The van der Waals surface area contributed by atoms with Crippen LogP contribution < -0.4 is 5.32 Å². The minimum absolute atomic E-state index is 0.158. The highest BCUT2D eigenvalue weighted by molar-refractivity contribution is 7.09. The molecule has 1 N–H and O–H groups in total. The van der Waals surface area contributed by atoms with Crippen LogP contribution >= 0.6 is 11.3 Å². The highest BCUT2D eigenvalue weighted by atomic mass is 32.1. The van der Waals surface area contributed by atoms with Gasteiger partial charge in [0.1, 0.15) is 10.5 Å². The summed E-state index contributed by atoms with van der Waals surface area (Å²) in [6.45, 7) is 3.90. The highest BCUT2D eigenvalue weighted by Crippen LogP contribution is 2.21. The summed E-state index contributed by atoms with van der Waals surface area (Å²) in [4.78, 5) is 29.4. The topological polar surface area (TPSA) is 71.5 Å². The molecule has 1 unspecified atom stereocenters. The molecule has 0 radical (unpaired) electrons. The molecule has 0 bridgehead atoms. The van der Waals surface area contributed by atoms with Gasteiger partial charge in [-0.25, -0.2) is 9.78 Å². The molecule has 1 aromatic rings. The smallest absolute Gasteiger partial charge is 0.325 e. The Morgan fingerprint density at radius 1 is 1.56 bits per heavy atom. The molecular weight excluding hydrogens is 254 g/mol. The molecule has 2 rings (SSSR count). The number of methoxy groups -OCH3 is 1. The molecule has 2 heterocycles. The van der Waals surface area contributed by atoms with Crippen LogP contribution in [0.25, 0.3) is 0 Å². The Hall–Kier alpha value is -1.47. The monoisotopic (exact) mass is 269 g/mol. The molecule has 1 fully saturated rings. The first kappa shape index (κ1) is 13.0. The second-order valence-electron chi connectivity index (χ2n) is 4.47. The van der Waals surface area contributed by atoms with Crippen molar-refractivity contribution in [3.8, 4) is 0 Å². The van der Waals surface area contributed by atoms with Crippen molar-refractivity contribution >= 4 is 23.3 Å². The molecule has 3 amide bonds. The van der Waals surface area contributed by atoms with Crippen LogP contribution in [0.2, 0.25) is 0 Å². The van der Waals surface area contributed by atoms with Crippen LogP contribution in [0, 0.1) is 6.92 Å². The number of aryl methyl sites for hydroxylation is 1. The zero-order valence-electron chi connectivity index (χ0n) is 10.5. The summed E-state index contributed by atoms with van der Waals surface area (Å²) in [6, 6.07) is -0.396. The van der Waals surface area contributed by atoms with Gasteiger partial charge < -0.3 is 10.1 Å². The van der Waals surface area contributed by atoms with Crippen molar-refractivity contribution in [3.05, 3.63) is 16.1 Å². The lowest BCUT2D eigenvalue weighted by molar-refractivity contribution is -0.132. The fourth-order valence-electron chi connectivity index (χ4n) is 1.89. The van der Waals surface area contributed by atoms with E-state index >= 15 is 0 Å². The van der Waals surface area contributed by atoms with E-state index in [4.69, 9.17) is 4.74 Å². The van der Waals surface area contributed by atoms with Gasteiger partial charge in [0, 0.05) is 18.2 Å². The number of hydrogen-bond acceptors (Lipinski definition) is 5. The van der Waals surface area contributed by atoms with Gasteiger partial charge in [-0.1, -0.05) is 0 Å². The number of thiazole rings is 1. The summed E-state index contributed by atoms with van der Waals surface area (Å²) in [5, 5.41) is 5.29. The molecule has 0 saturated carbocycles. The predicted octanol–water partition coefficient (Wildman–Crippen LogP) is 0.908.